The van der Waals surface area contributed by atoms with Crippen molar-refractivity contribution in [2.45, 2.75) is 51.0 Å². The zero-order chi connectivity index (χ0) is 20.7. The molecule has 2 fully saturated rings. The van der Waals surface area contributed by atoms with E-state index in [0.29, 0.717) is 6.04 Å². The van der Waals surface area contributed by atoms with Crippen LogP contribution in [0.25, 0.3) is 0 Å². The fourth-order valence-corrected chi connectivity index (χ4v) is 4.77. The van der Waals surface area contributed by atoms with Crippen LogP contribution in [0.1, 0.15) is 43.7 Å². The van der Waals surface area contributed by atoms with Gasteiger partial charge in [0.25, 0.3) is 0 Å². The average molecular weight is 403 g/mol. The molecule has 3 rings (SSSR count). The summed E-state index contributed by atoms with van der Waals surface area (Å²) in [4.78, 5) is 7.04. The Morgan fingerprint density at radius 3 is 2.79 bits per heavy atom. The highest BCUT2D eigenvalue weighted by Crippen LogP contribution is 2.40. The number of likely N-dealkylation sites (tertiary alicyclic amines) is 1. The van der Waals surface area contributed by atoms with Crippen LogP contribution in [0.5, 0.6) is 5.75 Å². The van der Waals surface area contributed by atoms with Gasteiger partial charge in [0, 0.05) is 50.4 Å². The molecule has 6 nitrogen and oxygen atoms in total. The highest BCUT2D eigenvalue weighted by molar-refractivity contribution is 5.79. The Kier molecular flexibility index (Phi) is 7.78. The molecule has 2 heterocycles. The fourth-order valence-electron chi connectivity index (χ4n) is 4.77. The van der Waals surface area contributed by atoms with Crippen molar-refractivity contribution in [2.24, 2.45) is 4.99 Å². The van der Waals surface area contributed by atoms with Gasteiger partial charge in [0.2, 0.25) is 0 Å². The Morgan fingerprint density at radius 1 is 1.31 bits per heavy atom. The van der Waals surface area contributed by atoms with E-state index in [2.05, 4.69) is 52.6 Å². The smallest absolute Gasteiger partial charge is 0.191 e. The van der Waals surface area contributed by atoms with Crippen molar-refractivity contribution in [1.29, 1.82) is 0 Å². The molecule has 162 valence electrons. The molecular formula is C23H38N4O2. The first-order valence-electron chi connectivity index (χ1n) is 11.0. The Labute approximate surface area is 176 Å². The lowest BCUT2D eigenvalue weighted by molar-refractivity contribution is 0.0505. The zero-order valence-corrected chi connectivity index (χ0v) is 18.6. The molecule has 0 amide bonds. The molecule has 0 bridgehead atoms. The summed E-state index contributed by atoms with van der Waals surface area (Å²) >= 11 is 0. The second-order valence-corrected chi connectivity index (χ2v) is 8.33. The van der Waals surface area contributed by atoms with E-state index in [-0.39, 0.29) is 5.41 Å². The summed E-state index contributed by atoms with van der Waals surface area (Å²) in [6, 6.07) is 7.09. The molecule has 29 heavy (non-hydrogen) atoms. The molecule has 6 heteroatoms. The van der Waals surface area contributed by atoms with Crippen molar-refractivity contribution < 1.29 is 9.47 Å². The standard InChI is InChI=1S/C23H38N4O2/c1-5-27-12-6-7-19(27)16-25-22(24-3)26-17-23(10-13-29-14-11-23)20-15-18(2)8-9-21(20)28-4/h8-9,15,19H,5-7,10-14,16-17H2,1-4H3,(H2,24,25,26). The first-order valence-corrected chi connectivity index (χ1v) is 11.0. The summed E-state index contributed by atoms with van der Waals surface area (Å²) in [6.07, 6.45) is 4.51. The zero-order valence-electron chi connectivity index (χ0n) is 18.6. The van der Waals surface area contributed by atoms with Crippen LogP contribution in [0.3, 0.4) is 0 Å². The summed E-state index contributed by atoms with van der Waals surface area (Å²) in [5.74, 6) is 1.84. The van der Waals surface area contributed by atoms with E-state index in [4.69, 9.17) is 9.47 Å². The lowest BCUT2D eigenvalue weighted by atomic mass is 9.73. The fraction of sp³-hybridized carbons (Fsp3) is 0.696. The first-order chi connectivity index (χ1) is 14.1. The maximum atomic E-state index is 5.73. The Hall–Kier alpha value is -1.79. The molecule has 2 saturated heterocycles. The molecule has 2 N–H and O–H groups in total. The van der Waals surface area contributed by atoms with Crippen molar-refractivity contribution in [3.63, 3.8) is 0 Å². The van der Waals surface area contributed by atoms with E-state index < -0.39 is 0 Å². The van der Waals surface area contributed by atoms with Gasteiger partial charge < -0.3 is 20.1 Å². The van der Waals surface area contributed by atoms with Gasteiger partial charge in [-0.2, -0.15) is 0 Å². The lowest BCUT2D eigenvalue weighted by Crippen LogP contribution is -2.50. The average Bonchev–Trinajstić information content (AvgIpc) is 3.22. The van der Waals surface area contributed by atoms with Crippen LogP contribution in [0.4, 0.5) is 0 Å². The number of hydrogen-bond donors (Lipinski definition) is 2. The van der Waals surface area contributed by atoms with Gasteiger partial charge in [-0.05, 0) is 51.8 Å². The minimum absolute atomic E-state index is 0.0178. The Bertz CT molecular complexity index is 685. The molecule has 1 aromatic carbocycles. The second kappa shape index (κ2) is 10.3. The normalized spacial score (nSPS) is 22.5. The summed E-state index contributed by atoms with van der Waals surface area (Å²) in [5, 5.41) is 7.17. The topological polar surface area (TPSA) is 58.1 Å². The van der Waals surface area contributed by atoms with E-state index in [1.165, 1.54) is 30.5 Å². The largest absolute Gasteiger partial charge is 0.496 e. The summed E-state index contributed by atoms with van der Waals surface area (Å²) < 4.78 is 11.4. The first kappa shape index (κ1) is 21.9. The van der Waals surface area contributed by atoms with E-state index >= 15 is 0 Å². The number of guanidine groups is 1. The van der Waals surface area contributed by atoms with Gasteiger partial charge >= 0.3 is 0 Å². The van der Waals surface area contributed by atoms with E-state index in [0.717, 1.165) is 57.4 Å². The van der Waals surface area contributed by atoms with Gasteiger partial charge in [-0.3, -0.25) is 9.89 Å². The predicted octanol–water partition coefficient (Wildman–Crippen LogP) is 2.70. The van der Waals surface area contributed by atoms with E-state index in [9.17, 15) is 0 Å². The number of aryl methyl sites for hydroxylation is 1. The van der Waals surface area contributed by atoms with E-state index in [1.807, 2.05) is 7.05 Å². The van der Waals surface area contributed by atoms with Crippen molar-refractivity contribution in [1.82, 2.24) is 15.5 Å². The minimum atomic E-state index is -0.0178. The molecule has 0 radical (unpaired) electrons. The van der Waals surface area contributed by atoms with Crippen LogP contribution >= 0.6 is 0 Å². The monoisotopic (exact) mass is 402 g/mol. The number of aliphatic imine (C=N–C) groups is 1. The summed E-state index contributed by atoms with van der Waals surface area (Å²) in [5.41, 5.74) is 2.52. The summed E-state index contributed by atoms with van der Waals surface area (Å²) in [6.45, 7) is 10.0. The number of nitrogens with one attached hydrogen (secondary N) is 2. The summed E-state index contributed by atoms with van der Waals surface area (Å²) in [7, 11) is 3.61. The third-order valence-corrected chi connectivity index (χ3v) is 6.60. The number of likely N-dealkylation sites (N-methyl/N-ethyl adjacent to an activating group) is 1. The number of hydrogen-bond acceptors (Lipinski definition) is 4. The molecule has 0 aromatic heterocycles. The van der Waals surface area contributed by atoms with Gasteiger partial charge in [0.15, 0.2) is 5.96 Å². The van der Waals surface area contributed by atoms with Crippen molar-refractivity contribution in [3.05, 3.63) is 29.3 Å². The molecular weight excluding hydrogens is 364 g/mol. The lowest BCUT2D eigenvalue weighted by Gasteiger charge is -2.39. The van der Waals surface area contributed by atoms with Crippen molar-refractivity contribution >= 4 is 5.96 Å². The third kappa shape index (κ3) is 5.23. The van der Waals surface area contributed by atoms with Crippen LogP contribution in [0, 0.1) is 6.92 Å². The van der Waals surface area contributed by atoms with Gasteiger partial charge in [0.1, 0.15) is 5.75 Å². The highest BCUT2D eigenvalue weighted by Gasteiger charge is 2.37. The molecule has 0 spiro atoms. The van der Waals surface area contributed by atoms with Gasteiger partial charge in [-0.15, -0.1) is 0 Å². The number of nitrogens with zero attached hydrogens (tertiary/aromatic N) is 2. The minimum Gasteiger partial charge on any atom is -0.496 e. The van der Waals surface area contributed by atoms with Crippen LogP contribution in [-0.4, -0.2) is 70.5 Å². The molecule has 0 saturated carbocycles. The number of ether oxygens (including phenoxy) is 2. The number of benzene rings is 1. The maximum Gasteiger partial charge on any atom is 0.191 e. The highest BCUT2D eigenvalue weighted by atomic mass is 16.5. The second-order valence-electron chi connectivity index (χ2n) is 8.33. The molecule has 0 aliphatic carbocycles. The molecule has 2 aliphatic rings. The SMILES string of the molecule is CCN1CCCC1CNC(=NC)NCC1(c2cc(C)ccc2OC)CCOCC1. The van der Waals surface area contributed by atoms with Crippen LogP contribution in [0.15, 0.2) is 23.2 Å². The molecule has 1 atom stereocenters. The van der Waals surface area contributed by atoms with Crippen LogP contribution < -0.4 is 15.4 Å². The van der Waals surface area contributed by atoms with Gasteiger partial charge in [-0.1, -0.05) is 24.6 Å². The van der Waals surface area contributed by atoms with Crippen molar-refractivity contribution in [3.8, 4) is 5.75 Å². The van der Waals surface area contributed by atoms with Crippen LogP contribution in [-0.2, 0) is 10.2 Å². The van der Waals surface area contributed by atoms with Gasteiger partial charge in [-0.25, -0.2) is 0 Å². The third-order valence-electron chi connectivity index (χ3n) is 6.60. The molecule has 2 aliphatic heterocycles. The number of methoxy groups -OCH3 is 1. The molecule has 1 unspecified atom stereocenters. The Balaban J connectivity index is 1.69. The van der Waals surface area contributed by atoms with Crippen LogP contribution in [0.2, 0.25) is 0 Å². The molecule has 1 aromatic rings. The predicted molar refractivity (Wildman–Crippen MR) is 119 cm³/mol. The van der Waals surface area contributed by atoms with E-state index in [1.54, 1.807) is 7.11 Å². The Morgan fingerprint density at radius 2 is 2.10 bits per heavy atom. The number of rotatable bonds is 7. The quantitative estimate of drug-likeness (QED) is 0.542. The van der Waals surface area contributed by atoms with Crippen molar-refractivity contribution in [2.75, 3.05) is 53.6 Å². The van der Waals surface area contributed by atoms with Gasteiger partial charge in [0.05, 0.1) is 7.11 Å². The maximum absolute atomic E-state index is 5.73.